The highest BCUT2D eigenvalue weighted by molar-refractivity contribution is 6.17. The zero-order valence-electron chi connectivity index (χ0n) is 9.70. The summed E-state index contributed by atoms with van der Waals surface area (Å²) in [6, 6.07) is 6.86. The maximum atomic E-state index is 12.9. The number of nitrogens with one attached hydrogen (secondary N) is 1. The average Bonchev–Trinajstić information content (AvgIpc) is 2.78. The fourth-order valence-corrected chi connectivity index (χ4v) is 1.67. The van der Waals surface area contributed by atoms with E-state index in [4.69, 9.17) is 16.0 Å². The van der Waals surface area contributed by atoms with Crippen LogP contribution in [-0.4, -0.2) is 22.6 Å². The highest BCUT2D eigenvalue weighted by Crippen LogP contribution is 2.08. The molecule has 96 valence electrons. The Morgan fingerprint density at radius 2 is 2.17 bits per heavy atom. The van der Waals surface area contributed by atoms with E-state index >= 15 is 0 Å². The van der Waals surface area contributed by atoms with Crippen LogP contribution in [0.25, 0.3) is 0 Å². The molecule has 18 heavy (non-hydrogen) atoms. The minimum atomic E-state index is -0.227. The molecule has 0 saturated heterocycles. The lowest BCUT2D eigenvalue weighted by atomic mass is 10.1. The van der Waals surface area contributed by atoms with Crippen LogP contribution < -0.4 is 5.32 Å². The van der Waals surface area contributed by atoms with Gasteiger partial charge in [0.15, 0.2) is 0 Å². The molecule has 0 aliphatic rings. The van der Waals surface area contributed by atoms with E-state index in [0.717, 1.165) is 5.56 Å². The van der Waals surface area contributed by atoms with E-state index in [1.807, 2.05) is 6.07 Å². The number of hydrogen-bond donors (Lipinski definition) is 1. The van der Waals surface area contributed by atoms with Crippen molar-refractivity contribution >= 4 is 17.6 Å². The van der Waals surface area contributed by atoms with Gasteiger partial charge in [-0.15, -0.1) is 16.7 Å². The molecule has 0 fully saturated rings. The van der Waals surface area contributed by atoms with E-state index in [9.17, 15) is 4.39 Å². The van der Waals surface area contributed by atoms with Gasteiger partial charge in [-0.2, -0.15) is 0 Å². The largest absolute Gasteiger partial charge is 0.408 e. The van der Waals surface area contributed by atoms with E-state index in [2.05, 4.69) is 15.5 Å². The lowest BCUT2D eigenvalue weighted by Gasteiger charge is -2.01. The first-order valence-electron chi connectivity index (χ1n) is 5.64. The Morgan fingerprint density at radius 1 is 1.28 bits per heavy atom. The summed E-state index contributed by atoms with van der Waals surface area (Å²) >= 11 is 5.56. The maximum Gasteiger partial charge on any atom is 0.315 e. The molecular formula is C12H13ClFN3O. The van der Waals surface area contributed by atoms with Crippen LogP contribution in [0.3, 0.4) is 0 Å². The molecule has 2 rings (SSSR count). The summed E-state index contributed by atoms with van der Waals surface area (Å²) in [6.07, 6.45) is 1.24. The molecule has 4 nitrogen and oxygen atoms in total. The zero-order valence-corrected chi connectivity index (χ0v) is 10.5. The Bertz CT molecular complexity index is 504. The van der Waals surface area contributed by atoms with Gasteiger partial charge in [-0.05, 0) is 24.1 Å². The minimum absolute atomic E-state index is 0.227. The summed E-state index contributed by atoms with van der Waals surface area (Å²) in [4.78, 5) is 0. The van der Waals surface area contributed by atoms with E-state index < -0.39 is 0 Å². The first-order valence-corrected chi connectivity index (χ1v) is 6.18. The van der Waals surface area contributed by atoms with Gasteiger partial charge in [0.25, 0.3) is 0 Å². The number of rotatable bonds is 6. The second-order valence-corrected chi connectivity index (χ2v) is 4.12. The number of anilines is 1. The Balaban J connectivity index is 1.81. The summed E-state index contributed by atoms with van der Waals surface area (Å²) in [5.74, 6) is 0.734. The van der Waals surface area contributed by atoms with Crippen molar-refractivity contribution < 1.29 is 8.81 Å². The number of benzene rings is 1. The average molecular weight is 270 g/mol. The third kappa shape index (κ3) is 3.70. The van der Waals surface area contributed by atoms with Crippen LogP contribution in [0.5, 0.6) is 0 Å². The van der Waals surface area contributed by atoms with Crippen LogP contribution in [0.2, 0.25) is 0 Å². The molecule has 6 heteroatoms. The number of alkyl halides is 1. The van der Waals surface area contributed by atoms with Gasteiger partial charge in [0.2, 0.25) is 5.89 Å². The monoisotopic (exact) mass is 269 g/mol. The van der Waals surface area contributed by atoms with Crippen LogP contribution >= 0.6 is 11.6 Å². The molecule has 0 aliphatic carbocycles. The maximum absolute atomic E-state index is 12.9. The van der Waals surface area contributed by atoms with Gasteiger partial charge >= 0.3 is 6.01 Å². The molecule has 0 amide bonds. The molecule has 1 aromatic heterocycles. The van der Waals surface area contributed by atoms with Gasteiger partial charge < -0.3 is 9.73 Å². The molecule has 1 aromatic carbocycles. The van der Waals surface area contributed by atoms with Gasteiger partial charge in [0.1, 0.15) is 5.82 Å². The van der Waals surface area contributed by atoms with Crippen LogP contribution in [0.15, 0.2) is 28.7 Å². The second kappa shape index (κ2) is 6.35. The summed E-state index contributed by atoms with van der Waals surface area (Å²) in [5.41, 5.74) is 0.919. The Labute approximate surface area is 109 Å². The molecule has 0 saturated carbocycles. The predicted octanol–water partition coefficient (Wildman–Crippen LogP) is 2.64. The molecule has 0 bridgehead atoms. The van der Waals surface area contributed by atoms with Crippen LogP contribution in [0.1, 0.15) is 11.5 Å². The van der Waals surface area contributed by atoms with Gasteiger partial charge in [-0.1, -0.05) is 17.2 Å². The van der Waals surface area contributed by atoms with Crippen molar-refractivity contribution in [2.75, 3.05) is 17.7 Å². The van der Waals surface area contributed by atoms with Gasteiger partial charge in [-0.3, -0.25) is 0 Å². The third-order valence-electron chi connectivity index (χ3n) is 2.35. The molecule has 0 unspecified atom stereocenters. The molecule has 0 spiro atoms. The topological polar surface area (TPSA) is 51.0 Å². The smallest absolute Gasteiger partial charge is 0.315 e. The van der Waals surface area contributed by atoms with E-state index in [1.54, 1.807) is 6.07 Å². The highest BCUT2D eigenvalue weighted by Gasteiger charge is 2.04. The summed E-state index contributed by atoms with van der Waals surface area (Å²) in [7, 11) is 0. The number of nitrogens with zero attached hydrogens (tertiary/aromatic N) is 2. The summed E-state index contributed by atoms with van der Waals surface area (Å²) < 4.78 is 18.2. The van der Waals surface area contributed by atoms with Crippen molar-refractivity contribution in [1.82, 2.24) is 10.2 Å². The Morgan fingerprint density at radius 3 is 2.94 bits per heavy atom. The lowest BCUT2D eigenvalue weighted by molar-refractivity contribution is 0.512. The molecule has 1 heterocycles. The molecule has 2 aromatic rings. The summed E-state index contributed by atoms with van der Waals surface area (Å²) in [5, 5.41) is 10.6. The standard InChI is InChI=1S/C12H13ClFN3O/c13-6-4-11-16-17-12(18-11)15-7-5-9-2-1-3-10(14)8-9/h1-3,8H,4-7H2,(H,15,17). The number of aromatic nitrogens is 2. The fourth-order valence-electron chi connectivity index (χ4n) is 1.51. The Hall–Kier alpha value is -1.62. The molecule has 0 aliphatic heterocycles. The van der Waals surface area contributed by atoms with Crippen molar-refractivity contribution in [2.24, 2.45) is 0 Å². The van der Waals surface area contributed by atoms with E-state index in [-0.39, 0.29) is 5.82 Å². The van der Waals surface area contributed by atoms with Crippen molar-refractivity contribution in [3.63, 3.8) is 0 Å². The summed E-state index contributed by atoms with van der Waals surface area (Å²) in [6.45, 7) is 0.603. The van der Waals surface area contributed by atoms with Crippen LogP contribution in [-0.2, 0) is 12.8 Å². The molecular weight excluding hydrogens is 257 g/mol. The second-order valence-electron chi connectivity index (χ2n) is 3.75. The van der Waals surface area contributed by atoms with Crippen molar-refractivity contribution in [2.45, 2.75) is 12.8 Å². The normalized spacial score (nSPS) is 10.6. The van der Waals surface area contributed by atoms with Gasteiger partial charge in [-0.25, -0.2) is 4.39 Å². The third-order valence-corrected chi connectivity index (χ3v) is 2.54. The van der Waals surface area contributed by atoms with Gasteiger partial charge in [0.05, 0.1) is 0 Å². The Kier molecular flexibility index (Phi) is 4.52. The SMILES string of the molecule is Fc1cccc(CCNc2nnc(CCCl)o2)c1. The van der Waals surface area contributed by atoms with Crippen molar-refractivity contribution in [3.8, 4) is 0 Å². The zero-order chi connectivity index (χ0) is 12.8. The number of hydrogen-bond acceptors (Lipinski definition) is 4. The van der Waals surface area contributed by atoms with Gasteiger partial charge in [0, 0.05) is 18.8 Å². The predicted molar refractivity (Wildman–Crippen MR) is 67.3 cm³/mol. The molecule has 0 atom stereocenters. The first-order chi connectivity index (χ1) is 8.78. The van der Waals surface area contributed by atoms with Crippen molar-refractivity contribution in [1.29, 1.82) is 0 Å². The highest BCUT2D eigenvalue weighted by atomic mass is 35.5. The number of aryl methyl sites for hydroxylation is 1. The quantitative estimate of drug-likeness (QED) is 0.819. The first kappa shape index (κ1) is 12.8. The van der Waals surface area contributed by atoms with E-state index in [1.165, 1.54) is 12.1 Å². The minimum Gasteiger partial charge on any atom is -0.408 e. The fraction of sp³-hybridized carbons (Fsp3) is 0.333. The lowest BCUT2D eigenvalue weighted by Crippen LogP contribution is -2.05. The number of halogens is 2. The van der Waals surface area contributed by atoms with Crippen LogP contribution in [0, 0.1) is 5.82 Å². The molecule has 1 N–H and O–H groups in total. The van der Waals surface area contributed by atoms with Crippen molar-refractivity contribution in [3.05, 3.63) is 41.5 Å². The molecule has 0 radical (unpaired) electrons. The van der Waals surface area contributed by atoms with E-state index in [0.29, 0.717) is 37.2 Å². The van der Waals surface area contributed by atoms with Crippen LogP contribution in [0.4, 0.5) is 10.4 Å².